The number of carbonyl (C=O) groups excluding carboxylic acids is 1. The summed E-state index contributed by atoms with van der Waals surface area (Å²) in [5.41, 5.74) is 8.21. The van der Waals surface area contributed by atoms with Gasteiger partial charge >= 0.3 is 0 Å². The van der Waals surface area contributed by atoms with Crippen LogP contribution in [-0.4, -0.2) is 44.9 Å². The zero-order chi connectivity index (χ0) is 34.5. The Morgan fingerprint density at radius 1 is 0.647 bits per heavy atom. The molecule has 0 unspecified atom stereocenters. The standard InChI is InChI=1S/C44H37N5O2/c50-43(47-38-24-28-51-29-25-38)33-21-19-32(20-22-33)41-30-34(23-27-46-41)39-31-49(48-42(39)40-18-10-11-26-45-40)44(35-12-4-1-5-13-35,36-14-6-2-7-15-36)37-16-8-3-9-17-37/h1-23,26-27,30-31,38H,24-25,28-29H2,(H,47,50). The van der Waals surface area contributed by atoms with E-state index in [1.807, 2.05) is 72.9 Å². The fraction of sp³-hybridized carbons (Fsp3) is 0.136. The highest BCUT2D eigenvalue weighted by atomic mass is 16.5. The van der Waals surface area contributed by atoms with Gasteiger partial charge in [-0.05, 0) is 71.5 Å². The van der Waals surface area contributed by atoms with Gasteiger partial charge in [-0.25, -0.2) is 0 Å². The topological polar surface area (TPSA) is 81.9 Å². The number of rotatable bonds is 9. The van der Waals surface area contributed by atoms with Gasteiger partial charge in [0, 0.05) is 54.5 Å². The van der Waals surface area contributed by atoms with Crippen LogP contribution in [-0.2, 0) is 10.3 Å². The van der Waals surface area contributed by atoms with Crippen LogP contribution in [0.4, 0.5) is 0 Å². The first-order valence-corrected chi connectivity index (χ1v) is 17.3. The lowest BCUT2D eigenvalue weighted by molar-refractivity contribution is 0.0696. The lowest BCUT2D eigenvalue weighted by Crippen LogP contribution is -2.38. The van der Waals surface area contributed by atoms with Crippen molar-refractivity contribution in [3.8, 4) is 33.8 Å². The average molecular weight is 668 g/mol. The van der Waals surface area contributed by atoms with Crippen LogP contribution in [0.3, 0.4) is 0 Å². The summed E-state index contributed by atoms with van der Waals surface area (Å²) in [6, 6.07) is 49.4. The van der Waals surface area contributed by atoms with Gasteiger partial charge in [-0.15, -0.1) is 0 Å². The molecule has 1 N–H and O–H groups in total. The van der Waals surface area contributed by atoms with Crippen molar-refractivity contribution in [2.24, 2.45) is 0 Å². The maximum absolute atomic E-state index is 13.0. The first kappa shape index (κ1) is 32.0. The predicted molar refractivity (Wildman–Crippen MR) is 200 cm³/mol. The van der Waals surface area contributed by atoms with Gasteiger partial charge in [-0.3, -0.25) is 19.4 Å². The number of pyridine rings is 2. The summed E-state index contributed by atoms with van der Waals surface area (Å²) in [6.07, 6.45) is 7.44. The second kappa shape index (κ2) is 14.4. The molecule has 1 fully saturated rings. The van der Waals surface area contributed by atoms with Crippen LogP contribution in [0.5, 0.6) is 0 Å². The average Bonchev–Trinajstić information content (AvgIpc) is 3.66. The minimum atomic E-state index is -0.789. The maximum Gasteiger partial charge on any atom is 0.251 e. The quantitative estimate of drug-likeness (QED) is 0.156. The third-order valence-electron chi connectivity index (χ3n) is 9.61. The van der Waals surface area contributed by atoms with E-state index in [9.17, 15) is 4.79 Å². The predicted octanol–water partition coefficient (Wildman–Crippen LogP) is 8.42. The van der Waals surface area contributed by atoms with Gasteiger partial charge < -0.3 is 10.1 Å². The molecule has 250 valence electrons. The van der Waals surface area contributed by atoms with Gasteiger partial charge in [0.05, 0.1) is 11.4 Å². The molecule has 1 aliphatic rings. The van der Waals surface area contributed by atoms with E-state index in [1.165, 1.54) is 0 Å². The van der Waals surface area contributed by atoms with E-state index in [2.05, 4.69) is 95.1 Å². The molecule has 7 nitrogen and oxygen atoms in total. The Labute approximate surface area is 297 Å². The summed E-state index contributed by atoms with van der Waals surface area (Å²) in [5, 5.41) is 8.57. The maximum atomic E-state index is 13.0. The first-order chi connectivity index (χ1) is 25.2. The molecule has 3 aromatic heterocycles. The highest BCUT2D eigenvalue weighted by Gasteiger charge is 2.40. The monoisotopic (exact) mass is 667 g/mol. The van der Waals surface area contributed by atoms with E-state index in [0.29, 0.717) is 18.8 Å². The smallest absolute Gasteiger partial charge is 0.251 e. The van der Waals surface area contributed by atoms with Gasteiger partial charge in [0.1, 0.15) is 11.2 Å². The summed E-state index contributed by atoms with van der Waals surface area (Å²) >= 11 is 0. The highest BCUT2D eigenvalue weighted by molar-refractivity contribution is 5.95. The van der Waals surface area contributed by atoms with Crippen LogP contribution < -0.4 is 5.32 Å². The summed E-state index contributed by atoms with van der Waals surface area (Å²) in [5.74, 6) is -0.0682. The Balaban J connectivity index is 1.25. The summed E-state index contributed by atoms with van der Waals surface area (Å²) in [7, 11) is 0. The van der Waals surface area contributed by atoms with Crippen LogP contribution in [0.15, 0.2) is 164 Å². The van der Waals surface area contributed by atoms with Gasteiger partial charge in [-0.2, -0.15) is 5.10 Å². The van der Waals surface area contributed by atoms with Gasteiger partial charge in [0.2, 0.25) is 0 Å². The molecular weight excluding hydrogens is 631 g/mol. The van der Waals surface area contributed by atoms with E-state index in [-0.39, 0.29) is 11.9 Å². The molecule has 0 bridgehead atoms. The largest absolute Gasteiger partial charge is 0.381 e. The van der Waals surface area contributed by atoms with Crippen LogP contribution in [0, 0.1) is 0 Å². The van der Waals surface area contributed by atoms with Crippen molar-refractivity contribution in [1.82, 2.24) is 25.1 Å². The first-order valence-electron chi connectivity index (χ1n) is 17.3. The van der Waals surface area contributed by atoms with Crippen molar-refractivity contribution in [1.29, 1.82) is 0 Å². The van der Waals surface area contributed by atoms with Crippen LogP contribution in [0.1, 0.15) is 39.9 Å². The number of amides is 1. The molecule has 0 radical (unpaired) electrons. The molecule has 8 rings (SSSR count). The molecule has 7 heteroatoms. The van der Waals surface area contributed by atoms with Crippen molar-refractivity contribution >= 4 is 5.91 Å². The number of ether oxygens (including phenoxy) is 1. The van der Waals surface area contributed by atoms with Crippen molar-refractivity contribution in [3.05, 3.63) is 186 Å². The number of aromatic nitrogens is 4. The molecule has 1 saturated heterocycles. The molecule has 0 saturated carbocycles. The Kier molecular flexibility index (Phi) is 9.02. The third-order valence-corrected chi connectivity index (χ3v) is 9.61. The molecule has 1 aliphatic heterocycles. The Morgan fingerprint density at radius 3 is 1.82 bits per heavy atom. The summed E-state index contributed by atoms with van der Waals surface area (Å²) < 4.78 is 7.53. The minimum absolute atomic E-state index is 0.0682. The van der Waals surface area contributed by atoms with Crippen molar-refractivity contribution < 1.29 is 9.53 Å². The molecule has 0 aliphatic carbocycles. The molecule has 4 heterocycles. The van der Waals surface area contributed by atoms with E-state index in [1.54, 1.807) is 6.20 Å². The fourth-order valence-corrected chi connectivity index (χ4v) is 7.04. The fourth-order valence-electron chi connectivity index (χ4n) is 7.04. The van der Waals surface area contributed by atoms with Crippen LogP contribution in [0.2, 0.25) is 0 Å². The summed E-state index contributed by atoms with van der Waals surface area (Å²) in [6.45, 7) is 1.36. The minimum Gasteiger partial charge on any atom is -0.381 e. The number of benzene rings is 4. The SMILES string of the molecule is O=C(NC1CCOCC1)c1ccc(-c2cc(-c3cn(C(c4ccccc4)(c4ccccc4)c4ccccc4)nc3-c3ccccn3)ccn2)cc1. The Bertz CT molecular complexity index is 2120. The zero-order valence-electron chi connectivity index (χ0n) is 28.1. The number of nitrogens with zero attached hydrogens (tertiary/aromatic N) is 4. The van der Waals surface area contributed by atoms with E-state index in [4.69, 9.17) is 19.8 Å². The lowest BCUT2D eigenvalue weighted by atomic mass is 9.77. The number of carbonyl (C=O) groups is 1. The Morgan fingerprint density at radius 2 is 1.24 bits per heavy atom. The van der Waals surface area contributed by atoms with Crippen molar-refractivity contribution in [2.45, 2.75) is 24.4 Å². The van der Waals surface area contributed by atoms with Gasteiger partial charge in [-0.1, -0.05) is 109 Å². The van der Waals surface area contributed by atoms with E-state index < -0.39 is 5.54 Å². The summed E-state index contributed by atoms with van der Waals surface area (Å²) in [4.78, 5) is 22.5. The van der Waals surface area contributed by atoms with Crippen LogP contribution >= 0.6 is 0 Å². The third kappa shape index (κ3) is 6.35. The van der Waals surface area contributed by atoms with E-state index in [0.717, 1.165) is 63.3 Å². The normalized spacial score (nSPS) is 13.5. The number of nitrogens with one attached hydrogen (secondary N) is 1. The molecule has 0 spiro atoms. The van der Waals surface area contributed by atoms with Gasteiger partial charge in [0.15, 0.2) is 0 Å². The zero-order valence-corrected chi connectivity index (χ0v) is 28.1. The van der Waals surface area contributed by atoms with Crippen molar-refractivity contribution in [3.63, 3.8) is 0 Å². The number of hydrogen-bond donors (Lipinski definition) is 1. The molecule has 51 heavy (non-hydrogen) atoms. The number of hydrogen-bond acceptors (Lipinski definition) is 5. The van der Waals surface area contributed by atoms with Crippen LogP contribution in [0.25, 0.3) is 33.8 Å². The molecule has 7 aromatic rings. The second-order valence-electron chi connectivity index (χ2n) is 12.7. The molecule has 1 amide bonds. The second-order valence-corrected chi connectivity index (χ2v) is 12.7. The van der Waals surface area contributed by atoms with E-state index >= 15 is 0 Å². The molecule has 0 atom stereocenters. The molecule has 4 aromatic carbocycles. The molecular formula is C44H37N5O2. The lowest BCUT2D eigenvalue weighted by Gasteiger charge is -2.36. The Hall–Kier alpha value is -6.18. The highest BCUT2D eigenvalue weighted by Crippen LogP contribution is 2.43. The van der Waals surface area contributed by atoms with Crippen molar-refractivity contribution in [2.75, 3.05) is 13.2 Å². The van der Waals surface area contributed by atoms with Gasteiger partial charge in [0.25, 0.3) is 5.91 Å².